The fraction of sp³-hybridized carbons (Fsp3) is 0.556. The van der Waals surface area contributed by atoms with Gasteiger partial charge in [-0.25, -0.2) is 9.78 Å². The van der Waals surface area contributed by atoms with Crippen LogP contribution in [0.1, 0.15) is 88.3 Å². The van der Waals surface area contributed by atoms with E-state index in [0.29, 0.717) is 25.0 Å². The third-order valence-electron chi connectivity index (χ3n) is 15.2. The molecule has 474 valence electrons. The second-order valence-corrected chi connectivity index (χ2v) is 21.9. The predicted molar refractivity (Wildman–Crippen MR) is 319 cm³/mol. The normalized spacial score (nSPS) is 18.5. The molecule has 33 heteroatoms. The van der Waals surface area contributed by atoms with Gasteiger partial charge in [0.15, 0.2) is 11.9 Å². The first-order chi connectivity index (χ1) is 41.6. The number of rotatable bonds is 32. The minimum absolute atomic E-state index is 0.0110. The molecule has 3 aliphatic heterocycles. The summed E-state index contributed by atoms with van der Waals surface area (Å²) in [6.45, 7) is -0.130. The Hall–Kier alpha value is -9.01. The molecule has 0 bridgehead atoms. The van der Waals surface area contributed by atoms with Gasteiger partial charge in [0, 0.05) is 80.3 Å². The van der Waals surface area contributed by atoms with Gasteiger partial charge in [-0.05, 0) is 88.7 Å². The number of hydrogen-bond donors (Lipinski definition) is 16. The van der Waals surface area contributed by atoms with Gasteiger partial charge >= 0.3 is 5.97 Å². The number of nitrogens with one attached hydrogen (secondary N) is 8. The van der Waals surface area contributed by atoms with Gasteiger partial charge < -0.3 is 96.1 Å². The number of benzene rings is 1. The third kappa shape index (κ3) is 19.2. The lowest BCUT2D eigenvalue weighted by molar-refractivity contribution is -0.152. The highest BCUT2D eigenvalue weighted by atomic mass is 32.1. The highest BCUT2D eigenvalue weighted by Gasteiger charge is 2.44. The van der Waals surface area contributed by atoms with Gasteiger partial charge in [-0.3, -0.25) is 57.9 Å². The molecule has 3 aromatic rings. The Labute approximate surface area is 506 Å². The molecule has 0 aliphatic carbocycles. The van der Waals surface area contributed by atoms with Crippen molar-refractivity contribution in [2.75, 3.05) is 45.0 Å². The first kappa shape index (κ1) is 67.1. The van der Waals surface area contributed by atoms with Crippen molar-refractivity contribution in [2.45, 2.75) is 144 Å². The maximum atomic E-state index is 14.5. The SMILES string of the molecule is NC(=O)CC[C@H](NC(=O)[C@@H]1CCCN1C(=O)[C@@H](N)Cc1c[nH]c2ccccc12)C(=O)N[C@@H](CS)C(=O)NCC(=O)N[C@@H](CCCN=C(N)N)C(=O)N[C@@H](Cc1cnc[nH]1)C(=O)N[C@@H](CCCN=C(N)N)C(=O)N1CCC[C@H]1C(=O)N1CCC[C@H]1C(=O)O. The monoisotopic (exact) mass is 1230 g/mol. The summed E-state index contributed by atoms with van der Waals surface area (Å²) in [7, 11) is 0. The lowest BCUT2D eigenvalue weighted by atomic mass is 10.0. The number of carbonyl (C=O) groups excluding carboxylic acids is 10. The lowest BCUT2D eigenvalue weighted by Gasteiger charge is -2.33. The molecule has 0 spiro atoms. The first-order valence-corrected chi connectivity index (χ1v) is 29.4. The minimum Gasteiger partial charge on any atom is -0.480 e. The third-order valence-corrected chi connectivity index (χ3v) is 15.6. The Morgan fingerprint density at radius 3 is 1.85 bits per heavy atom. The number of nitrogens with zero attached hydrogens (tertiary/aromatic N) is 6. The number of aliphatic imine (C=N–C) groups is 2. The van der Waals surface area contributed by atoms with Crippen molar-refractivity contribution in [3.05, 3.63) is 54.2 Å². The van der Waals surface area contributed by atoms with E-state index >= 15 is 0 Å². The summed E-state index contributed by atoms with van der Waals surface area (Å²) in [6, 6.07) is -3.55. The number of carbonyl (C=O) groups is 11. The topological polar surface area (TPSA) is 515 Å². The van der Waals surface area contributed by atoms with Crippen LogP contribution in [0.5, 0.6) is 0 Å². The zero-order valence-corrected chi connectivity index (χ0v) is 49.0. The molecule has 0 saturated carbocycles. The van der Waals surface area contributed by atoms with Crippen LogP contribution in [0.25, 0.3) is 10.9 Å². The van der Waals surface area contributed by atoms with Crippen LogP contribution in [0.15, 0.2) is 53.0 Å². The zero-order valence-electron chi connectivity index (χ0n) is 48.1. The van der Waals surface area contributed by atoms with E-state index in [-0.39, 0.29) is 121 Å². The molecule has 3 fully saturated rings. The predicted octanol–water partition coefficient (Wildman–Crippen LogP) is -5.10. The molecule has 3 aliphatic rings. The number of H-pyrrole nitrogens is 2. The number of fused-ring (bicyclic) bond motifs is 1. The molecule has 6 rings (SSSR count). The zero-order chi connectivity index (χ0) is 63.3. The number of likely N-dealkylation sites (tertiary alicyclic amines) is 3. The number of thiol groups is 1. The Bertz CT molecular complexity index is 3010. The molecule has 21 N–H and O–H groups in total. The molecule has 87 heavy (non-hydrogen) atoms. The average molecular weight is 1230 g/mol. The van der Waals surface area contributed by atoms with Crippen molar-refractivity contribution in [3.8, 4) is 0 Å². The van der Waals surface area contributed by atoms with E-state index in [4.69, 9.17) is 34.4 Å². The number of aliphatic carboxylic acids is 1. The standard InChI is InChI=1S/C54H80N20O12S/c55-32(22-29-24-64-33-9-2-1-8-31(29)33)49(82)72-19-5-12-39(72)48(81)68-35(15-16-42(56)75)46(79)71-38(27-87)44(77)65-26-43(76)67-34(10-3-17-62-53(57)58)45(78)70-37(23-30-25-61-28-66-30)47(80)69-36(11-4-18-63-54(59)60)50(83)73-20-6-13-40(73)51(84)74-21-7-14-41(74)52(85)86/h1-2,8-9,24-25,28,32,34-41,64,87H,3-7,10-23,26-27,55H2,(H2,56,75)(H,61,66)(H,65,77)(H,67,76)(H,68,81)(H,69,80)(H,70,78)(H,71,79)(H,85,86)(H4,57,58,62)(H4,59,60,63)/t32-,34-,35-,36-,37-,38-,39-,40-,41-/m0/s1. The van der Waals surface area contributed by atoms with Crippen molar-refractivity contribution in [1.82, 2.24) is 61.6 Å². The second kappa shape index (κ2) is 32.5. The fourth-order valence-corrected chi connectivity index (χ4v) is 11.1. The number of guanidine groups is 2. The minimum atomic E-state index is -1.45. The number of aromatic nitrogens is 3. The summed E-state index contributed by atoms with van der Waals surface area (Å²) in [4.78, 5) is 172. The maximum Gasteiger partial charge on any atom is 0.326 e. The average Bonchev–Trinajstić information content (AvgIpc) is 2.09. The molecule has 0 unspecified atom stereocenters. The quantitative estimate of drug-likeness (QED) is 0.0120. The Kier molecular flexibility index (Phi) is 25.1. The van der Waals surface area contributed by atoms with E-state index in [9.17, 15) is 57.8 Å². The second-order valence-electron chi connectivity index (χ2n) is 21.5. The number of carboxylic acid groups (broad SMARTS) is 1. The van der Waals surface area contributed by atoms with Gasteiger partial charge in [0.2, 0.25) is 59.1 Å². The van der Waals surface area contributed by atoms with Crippen molar-refractivity contribution >= 4 is 100 Å². The molecule has 3 saturated heterocycles. The van der Waals surface area contributed by atoms with Crippen LogP contribution in [0.2, 0.25) is 0 Å². The van der Waals surface area contributed by atoms with Crippen molar-refractivity contribution in [2.24, 2.45) is 44.4 Å². The molecule has 0 radical (unpaired) electrons. The molecule has 2 aromatic heterocycles. The molecule has 1 aromatic carbocycles. The highest BCUT2D eigenvalue weighted by molar-refractivity contribution is 7.80. The summed E-state index contributed by atoms with van der Waals surface area (Å²) in [5.41, 5.74) is 36.0. The van der Waals surface area contributed by atoms with Crippen LogP contribution in [0.4, 0.5) is 0 Å². The molecular formula is C54H80N20O12S. The number of hydrogen-bond acceptors (Lipinski definition) is 16. The largest absolute Gasteiger partial charge is 0.480 e. The molecule has 5 heterocycles. The number of para-hydroxylation sites is 1. The molecule has 9 atom stereocenters. The van der Waals surface area contributed by atoms with E-state index in [1.165, 1.54) is 27.2 Å². The summed E-state index contributed by atoms with van der Waals surface area (Å²) in [6.07, 6.45) is 6.12. The Morgan fingerprint density at radius 1 is 0.655 bits per heavy atom. The number of aromatic amines is 2. The van der Waals surface area contributed by atoms with Gasteiger partial charge in [-0.2, -0.15) is 12.6 Å². The molecule has 10 amide bonds. The summed E-state index contributed by atoms with van der Waals surface area (Å²) in [5.74, 6) is -9.53. The van der Waals surface area contributed by atoms with Gasteiger partial charge in [0.1, 0.15) is 48.3 Å². The number of primary amides is 1. The first-order valence-electron chi connectivity index (χ1n) is 28.8. The summed E-state index contributed by atoms with van der Waals surface area (Å²) >= 11 is 4.23. The van der Waals surface area contributed by atoms with E-state index in [1.54, 1.807) is 6.20 Å². The van der Waals surface area contributed by atoms with Crippen LogP contribution >= 0.6 is 12.6 Å². The van der Waals surface area contributed by atoms with E-state index < -0.39 is 126 Å². The summed E-state index contributed by atoms with van der Waals surface area (Å²) < 4.78 is 0. The summed E-state index contributed by atoms with van der Waals surface area (Å²) in [5, 5.41) is 26.1. The van der Waals surface area contributed by atoms with Crippen LogP contribution in [0, 0.1) is 0 Å². The fourth-order valence-electron chi connectivity index (χ4n) is 10.8. The van der Waals surface area contributed by atoms with Crippen molar-refractivity contribution in [1.29, 1.82) is 0 Å². The smallest absolute Gasteiger partial charge is 0.326 e. The van der Waals surface area contributed by atoms with Crippen molar-refractivity contribution < 1.29 is 57.8 Å². The maximum absolute atomic E-state index is 14.5. The van der Waals surface area contributed by atoms with Gasteiger partial charge in [-0.15, -0.1) is 0 Å². The van der Waals surface area contributed by atoms with Gasteiger partial charge in [0.25, 0.3) is 0 Å². The van der Waals surface area contributed by atoms with Crippen LogP contribution in [-0.4, -0.2) is 211 Å². The van der Waals surface area contributed by atoms with Crippen molar-refractivity contribution in [3.63, 3.8) is 0 Å². The van der Waals surface area contributed by atoms with Crippen LogP contribution in [0.3, 0.4) is 0 Å². The molecular weight excluding hydrogens is 1150 g/mol. The van der Waals surface area contributed by atoms with Gasteiger partial charge in [0.05, 0.1) is 18.9 Å². The lowest BCUT2D eigenvalue weighted by Crippen LogP contribution is -2.59. The number of amides is 10. The molecule has 32 nitrogen and oxygen atoms in total. The van der Waals surface area contributed by atoms with E-state index in [1.807, 2.05) is 24.3 Å². The number of nitrogens with two attached hydrogens (primary N) is 6. The number of carboxylic acids is 1. The Balaban J connectivity index is 1.10. The van der Waals surface area contributed by atoms with E-state index in [2.05, 4.69) is 69.5 Å². The Morgan fingerprint density at radius 2 is 1.23 bits per heavy atom. The van der Waals surface area contributed by atoms with E-state index in [0.717, 1.165) is 16.5 Å². The number of imidazole rings is 1. The van der Waals surface area contributed by atoms with Crippen LogP contribution in [-0.2, 0) is 65.6 Å². The van der Waals surface area contributed by atoms with Crippen LogP contribution < -0.4 is 66.3 Å². The van der Waals surface area contributed by atoms with Gasteiger partial charge in [-0.1, -0.05) is 18.2 Å². The highest BCUT2D eigenvalue weighted by Crippen LogP contribution is 2.27.